The molecule has 5 nitrogen and oxygen atoms in total. The molecule has 2 N–H and O–H groups in total. The fourth-order valence-corrected chi connectivity index (χ4v) is 1.55. The van der Waals surface area contributed by atoms with Gasteiger partial charge in [0.25, 0.3) is 10.1 Å². The number of nitrogens with zero attached hydrogens (tertiary/aromatic N) is 1. The van der Waals surface area contributed by atoms with E-state index in [9.17, 15) is 8.42 Å². The lowest BCUT2D eigenvalue weighted by Gasteiger charge is -2.28. The fourth-order valence-electron chi connectivity index (χ4n) is 1.06. The normalized spacial score (nSPS) is 13.2. The molecule has 0 heterocycles. The van der Waals surface area contributed by atoms with Crippen molar-refractivity contribution in [3.05, 3.63) is 0 Å². The Kier molecular flexibility index (Phi) is 4.83. The van der Waals surface area contributed by atoms with Crippen LogP contribution in [0.2, 0.25) is 0 Å². The van der Waals surface area contributed by atoms with Crippen LogP contribution in [0.1, 0.15) is 6.42 Å². The van der Waals surface area contributed by atoms with Crippen LogP contribution >= 0.6 is 0 Å². The number of aliphatic hydroxyl groups excluding tert-OH is 1. The van der Waals surface area contributed by atoms with Gasteiger partial charge in [-0.2, -0.15) is 8.42 Å². The van der Waals surface area contributed by atoms with Gasteiger partial charge in [0.15, 0.2) is 0 Å². The number of hydrogen-bond acceptors (Lipinski definition) is 3. The summed E-state index contributed by atoms with van der Waals surface area (Å²) in [5.74, 6) is -0.208. The van der Waals surface area contributed by atoms with Crippen molar-refractivity contribution in [3.63, 3.8) is 0 Å². The molecule has 0 saturated carbocycles. The summed E-state index contributed by atoms with van der Waals surface area (Å²) in [5, 5.41) is 8.68. The van der Waals surface area contributed by atoms with Crippen LogP contribution in [0.5, 0.6) is 0 Å². The summed E-state index contributed by atoms with van der Waals surface area (Å²) < 4.78 is 29.8. The molecule has 0 unspecified atom stereocenters. The average Bonchev–Trinajstić information content (AvgIpc) is 1.82. The first-order valence-corrected chi connectivity index (χ1v) is 5.76. The summed E-state index contributed by atoms with van der Waals surface area (Å²) in [5.41, 5.74) is 0. The van der Waals surface area contributed by atoms with Crippen LogP contribution < -0.4 is 0 Å². The molecule has 0 bridgehead atoms. The van der Waals surface area contributed by atoms with Gasteiger partial charge in [0.2, 0.25) is 0 Å². The quantitative estimate of drug-likeness (QED) is 0.452. The predicted octanol–water partition coefficient (Wildman–Crippen LogP) is -0.667. The van der Waals surface area contributed by atoms with Crippen molar-refractivity contribution < 1.29 is 22.6 Å². The molecule has 0 aromatic carbocycles. The van der Waals surface area contributed by atoms with Crippen molar-refractivity contribution in [1.29, 1.82) is 0 Å². The molecule has 0 saturated heterocycles. The maximum absolute atomic E-state index is 10.4. The molecular weight excluding hydrogens is 194 g/mol. The van der Waals surface area contributed by atoms with E-state index in [1.165, 1.54) is 0 Å². The fraction of sp³-hybridized carbons (Fsp3) is 1.00. The molecule has 0 aromatic rings. The Bertz CT molecular complexity index is 235. The summed E-state index contributed by atoms with van der Waals surface area (Å²) >= 11 is 0. The highest BCUT2D eigenvalue weighted by Crippen LogP contribution is 1.99. The Balaban J connectivity index is 3.76. The average molecular weight is 212 g/mol. The molecular formula is C7H18NO4S+. The van der Waals surface area contributed by atoms with E-state index < -0.39 is 10.1 Å². The van der Waals surface area contributed by atoms with Gasteiger partial charge in [-0.05, 0) is 0 Å². The minimum absolute atomic E-state index is 0.0822. The molecule has 0 spiro atoms. The largest absolute Gasteiger partial charge is 0.391 e. The van der Waals surface area contributed by atoms with Crippen molar-refractivity contribution in [3.8, 4) is 0 Å². The van der Waals surface area contributed by atoms with Crippen LogP contribution in [-0.4, -0.2) is 62.1 Å². The highest BCUT2D eigenvalue weighted by molar-refractivity contribution is 7.85. The molecule has 6 heteroatoms. The van der Waals surface area contributed by atoms with E-state index >= 15 is 0 Å². The molecule has 80 valence electrons. The van der Waals surface area contributed by atoms with E-state index in [1.807, 2.05) is 14.1 Å². The number of aliphatic hydroxyl groups is 1. The van der Waals surface area contributed by atoms with E-state index in [4.69, 9.17) is 9.66 Å². The first kappa shape index (κ1) is 12.8. The summed E-state index contributed by atoms with van der Waals surface area (Å²) in [6, 6.07) is 0. The third-order valence-electron chi connectivity index (χ3n) is 1.87. The molecule has 0 amide bonds. The van der Waals surface area contributed by atoms with E-state index in [1.54, 1.807) is 0 Å². The molecule has 0 fully saturated rings. The molecule has 0 radical (unpaired) electrons. The number of hydrogen-bond donors (Lipinski definition) is 2. The minimum atomic E-state index is -3.83. The van der Waals surface area contributed by atoms with Crippen LogP contribution in [0.25, 0.3) is 0 Å². The second-order valence-electron chi connectivity index (χ2n) is 3.75. The molecule has 0 aromatic heterocycles. The number of rotatable bonds is 6. The highest BCUT2D eigenvalue weighted by atomic mass is 32.2. The summed E-state index contributed by atoms with van der Waals surface area (Å²) in [4.78, 5) is 0. The summed E-state index contributed by atoms with van der Waals surface area (Å²) in [7, 11) is -0.0280. The van der Waals surface area contributed by atoms with Crippen molar-refractivity contribution in [1.82, 2.24) is 0 Å². The van der Waals surface area contributed by atoms with Crippen LogP contribution in [0.4, 0.5) is 0 Å². The van der Waals surface area contributed by atoms with Crippen molar-refractivity contribution >= 4 is 10.1 Å². The second-order valence-corrected chi connectivity index (χ2v) is 5.32. The smallest absolute Gasteiger partial charge is 0.265 e. The third-order valence-corrected chi connectivity index (χ3v) is 2.68. The van der Waals surface area contributed by atoms with Gasteiger partial charge < -0.3 is 9.59 Å². The van der Waals surface area contributed by atoms with Gasteiger partial charge in [-0.3, -0.25) is 4.55 Å². The van der Waals surface area contributed by atoms with Crippen molar-refractivity contribution in [2.45, 2.75) is 6.42 Å². The molecule has 0 aliphatic rings. The molecule has 0 aliphatic carbocycles. The highest BCUT2D eigenvalue weighted by Gasteiger charge is 2.15. The van der Waals surface area contributed by atoms with Crippen molar-refractivity contribution in [2.24, 2.45) is 0 Å². The summed E-state index contributed by atoms with van der Waals surface area (Å²) in [6.45, 7) is 1.30. The van der Waals surface area contributed by atoms with Gasteiger partial charge in [0.05, 0.1) is 33.0 Å². The maximum atomic E-state index is 10.4. The first-order chi connectivity index (χ1) is 5.77. The second kappa shape index (κ2) is 4.90. The van der Waals surface area contributed by atoms with Gasteiger partial charge in [-0.25, -0.2) is 0 Å². The summed E-state index contributed by atoms with van der Waals surface area (Å²) in [6.07, 6.45) is 0.409. The SMILES string of the molecule is C[N+](C)(CCO)CCCS(=O)(=O)O. The topological polar surface area (TPSA) is 74.6 Å². The standard InChI is InChI=1S/C7H17NO4S/c1-8(2,5-6-9)4-3-7-13(10,11)12/h9H,3-7H2,1-2H3/p+1. The molecule has 13 heavy (non-hydrogen) atoms. The van der Waals surface area contributed by atoms with Gasteiger partial charge in [-0.1, -0.05) is 0 Å². The Morgan fingerprint density at radius 3 is 2.15 bits per heavy atom. The zero-order valence-electron chi connectivity index (χ0n) is 8.10. The predicted molar refractivity (Wildman–Crippen MR) is 50.0 cm³/mol. The maximum Gasteiger partial charge on any atom is 0.265 e. The Morgan fingerprint density at radius 1 is 1.23 bits per heavy atom. The van der Waals surface area contributed by atoms with Gasteiger partial charge in [0, 0.05) is 6.42 Å². The lowest BCUT2D eigenvalue weighted by Crippen LogP contribution is -2.43. The monoisotopic (exact) mass is 212 g/mol. The van der Waals surface area contributed by atoms with Crippen LogP contribution in [0, 0.1) is 0 Å². The lowest BCUT2D eigenvalue weighted by atomic mass is 10.4. The van der Waals surface area contributed by atoms with E-state index in [2.05, 4.69) is 0 Å². The Hall–Kier alpha value is -0.170. The Labute approximate surface area is 79.3 Å². The first-order valence-electron chi connectivity index (χ1n) is 4.15. The molecule has 0 aliphatic heterocycles. The van der Waals surface area contributed by atoms with Crippen molar-refractivity contribution in [2.75, 3.05) is 39.5 Å². The minimum Gasteiger partial charge on any atom is -0.391 e. The third kappa shape index (κ3) is 8.17. The molecule has 0 rings (SSSR count). The lowest BCUT2D eigenvalue weighted by molar-refractivity contribution is -0.890. The van der Waals surface area contributed by atoms with Gasteiger partial charge >= 0.3 is 0 Å². The van der Waals surface area contributed by atoms with E-state index in [0.29, 0.717) is 24.0 Å². The van der Waals surface area contributed by atoms with Gasteiger partial charge in [-0.15, -0.1) is 0 Å². The zero-order valence-corrected chi connectivity index (χ0v) is 8.92. The molecule has 0 atom stereocenters. The van der Waals surface area contributed by atoms with Gasteiger partial charge in [0.1, 0.15) is 6.54 Å². The zero-order chi connectivity index (χ0) is 10.5. The van der Waals surface area contributed by atoms with E-state index in [0.717, 1.165) is 0 Å². The van der Waals surface area contributed by atoms with Crippen LogP contribution in [-0.2, 0) is 10.1 Å². The van der Waals surface area contributed by atoms with E-state index in [-0.39, 0.29) is 12.4 Å². The number of quaternary nitrogens is 1. The van der Waals surface area contributed by atoms with Crippen LogP contribution in [0.3, 0.4) is 0 Å². The number of likely N-dealkylation sites (N-methyl/N-ethyl adjacent to an activating group) is 1. The Morgan fingerprint density at radius 2 is 1.77 bits per heavy atom. The van der Waals surface area contributed by atoms with Crippen LogP contribution in [0.15, 0.2) is 0 Å².